The molecule has 17 heavy (non-hydrogen) atoms. The van der Waals surface area contributed by atoms with Crippen LogP contribution in [0.2, 0.25) is 0 Å². The molecule has 5 heteroatoms. The summed E-state index contributed by atoms with van der Waals surface area (Å²) in [7, 11) is 2.55. The maximum absolute atomic E-state index is 12.0. The van der Waals surface area contributed by atoms with Crippen LogP contribution in [0, 0.1) is 11.3 Å². The van der Waals surface area contributed by atoms with Crippen molar-refractivity contribution >= 4 is 11.9 Å². The third-order valence-electron chi connectivity index (χ3n) is 3.27. The van der Waals surface area contributed by atoms with Crippen LogP contribution in [0.1, 0.15) is 26.7 Å². The van der Waals surface area contributed by atoms with E-state index in [0.29, 0.717) is 19.4 Å². The summed E-state index contributed by atoms with van der Waals surface area (Å²) < 4.78 is 15.2. The van der Waals surface area contributed by atoms with Crippen molar-refractivity contribution in [2.75, 3.05) is 20.8 Å². The molecule has 1 aliphatic heterocycles. The lowest BCUT2D eigenvalue weighted by molar-refractivity contribution is -0.193. The second kappa shape index (κ2) is 5.49. The van der Waals surface area contributed by atoms with Gasteiger partial charge in [0.2, 0.25) is 0 Å². The molecule has 0 spiro atoms. The second-order valence-electron chi connectivity index (χ2n) is 4.49. The molecular formula is C12H20O5. The Balaban J connectivity index is 3.15. The quantitative estimate of drug-likeness (QED) is 0.550. The van der Waals surface area contributed by atoms with Crippen LogP contribution in [0.25, 0.3) is 0 Å². The van der Waals surface area contributed by atoms with E-state index in [2.05, 4.69) is 0 Å². The average Bonchev–Trinajstić information content (AvgIpc) is 2.36. The van der Waals surface area contributed by atoms with Gasteiger partial charge in [-0.2, -0.15) is 0 Å². The first-order valence-corrected chi connectivity index (χ1v) is 5.81. The van der Waals surface area contributed by atoms with E-state index in [1.165, 1.54) is 14.2 Å². The van der Waals surface area contributed by atoms with E-state index in [9.17, 15) is 9.59 Å². The van der Waals surface area contributed by atoms with Gasteiger partial charge in [-0.15, -0.1) is 0 Å². The molecule has 0 aromatic heterocycles. The Kier molecular flexibility index (Phi) is 4.51. The Morgan fingerprint density at radius 3 is 2.24 bits per heavy atom. The van der Waals surface area contributed by atoms with Crippen molar-refractivity contribution in [2.24, 2.45) is 11.3 Å². The first-order chi connectivity index (χ1) is 8.02. The Bertz CT molecular complexity index is 283. The van der Waals surface area contributed by atoms with Crippen LogP contribution in [0.4, 0.5) is 0 Å². The Morgan fingerprint density at radius 2 is 1.82 bits per heavy atom. The van der Waals surface area contributed by atoms with E-state index in [-0.39, 0.29) is 5.92 Å². The summed E-state index contributed by atoms with van der Waals surface area (Å²) >= 11 is 0. The summed E-state index contributed by atoms with van der Waals surface area (Å²) in [5, 5.41) is 0. The molecule has 0 saturated carbocycles. The molecule has 5 nitrogen and oxygen atoms in total. The molecule has 0 aromatic rings. The number of esters is 2. The van der Waals surface area contributed by atoms with Gasteiger partial charge in [0.15, 0.2) is 5.41 Å². The molecule has 1 fully saturated rings. The number of methoxy groups -OCH3 is 2. The number of carbonyl (C=O) groups excluding carboxylic acids is 2. The second-order valence-corrected chi connectivity index (χ2v) is 4.49. The third kappa shape index (κ3) is 2.29. The fraction of sp³-hybridized carbons (Fsp3) is 0.833. The van der Waals surface area contributed by atoms with Gasteiger partial charge in [-0.05, 0) is 18.8 Å². The van der Waals surface area contributed by atoms with E-state index in [4.69, 9.17) is 14.2 Å². The lowest BCUT2D eigenvalue weighted by atomic mass is 9.72. The summed E-state index contributed by atoms with van der Waals surface area (Å²) in [5.74, 6) is -1.01. The summed E-state index contributed by atoms with van der Waals surface area (Å²) in [6.07, 6.45) is 0.500. The van der Waals surface area contributed by atoms with Gasteiger partial charge in [0.25, 0.3) is 0 Å². The minimum Gasteiger partial charge on any atom is -0.468 e. The SMILES string of the molecule is CC[C@@H]1OC[C@H](C)CC1(C(=O)OC)C(=O)OC. The van der Waals surface area contributed by atoms with Gasteiger partial charge in [-0.3, -0.25) is 9.59 Å². The Labute approximate surface area is 101 Å². The fourth-order valence-corrected chi connectivity index (χ4v) is 2.51. The Morgan fingerprint density at radius 1 is 1.29 bits per heavy atom. The van der Waals surface area contributed by atoms with E-state index in [0.717, 1.165) is 0 Å². The smallest absolute Gasteiger partial charge is 0.325 e. The first kappa shape index (κ1) is 14.0. The predicted molar refractivity (Wildman–Crippen MR) is 60.3 cm³/mol. The van der Waals surface area contributed by atoms with E-state index >= 15 is 0 Å². The van der Waals surface area contributed by atoms with Crippen LogP contribution in [-0.4, -0.2) is 38.9 Å². The maximum atomic E-state index is 12.0. The maximum Gasteiger partial charge on any atom is 0.325 e. The molecule has 0 aliphatic carbocycles. The largest absolute Gasteiger partial charge is 0.468 e. The highest BCUT2D eigenvalue weighted by molar-refractivity contribution is 6.01. The molecule has 0 N–H and O–H groups in total. The van der Waals surface area contributed by atoms with Crippen molar-refractivity contribution in [3.05, 3.63) is 0 Å². The highest BCUT2D eigenvalue weighted by Crippen LogP contribution is 2.40. The molecule has 0 bridgehead atoms. The van der Waals surface area contributed by atoms with Crippen molar-refractivity contribution in [3.8, 4) is 0 Å². The zero-order valence-electron chi connectivity index (χ0n) is 10.8. The molecule has 0 aromatic carbocycles. The molecule has 0 radical (unpaired) electrons. The highest BCUT2D eigenvalue weighted by Gasteiger charge is 2.57. The topological polar surface area (TPSA) is 61.8 Å². The van der Waals surface area contributed by atoms with Crippen LogP contribution >= 0.6 is 0 Å². The van der Waals surface area contributed by atoms with Gasteiger partial charge in [-0.1, -0.05) is 13.8 Å². The third-order valence-corrected chi connectivity index (χ3v) is 3.27. The Hall–Kier alpha value is -1.10. The molecule has 98 valence electrons. The number of carbonyl (C=O) groups is 2. The highest BCUT2D eigenvalue weighted by atomic mass is 16.6. The fourth-order valence-electron chi connectivity index (χ4n) is 2.51. The van der Waals surface area contributed by atoms with Crippen LogP contribution in [0.5, 0.6) is 0 Å². The van der Waals surface area contributed by atoms with Crippen molar-refractivity contribution in [2.45, 2.75) is 32.8 Å². The van der Waals surface area contributed by atoms with Gasteiger partial charge < -0.3 is 14.2 Å². The summed E-state index contributed by atoms with van der Waals surface area (Å²) in [4.78, 5) is 24.0. The minimum atomic E-state index is -1.31. The van der Waals surface area contributed by atoms with Crippen molar-refractivity contribution in [3.63, 3.8) is 0 Å². The van der Waals surface area contributed by atoms with Crippen LogP contribution < -0.4 is 0 Å². The van der Waals surface area contributed by atoms with Crippen LogP contribution in [0.3, 0.4) is 0 Å². The van der Waals surface area contributed by atoms with Crippen LogP contribution in [-0.2, 0) is 23.8 Å². The number of ether oxygens (including phenoxy) is 3. The molecule has 2 atom stereocenters. The molecule has 1 rings (SSSR count). The first-order valence-electron chi connectivity index (χ1n) is 5.81. The summed E-state index contributed by atoms with van der Waals surface area (Å²) in [5.41, 5.74) is -1.31. The van der Waals surface area contributed by atoms with Gasteiger partial charge >= 0.3 is 11.9 Å². The summed E-state index contributed by atoms with van der Waals surface area (Å²) in [6.45, 7) is 4.36. The van der Waals surface area contributed by atoms with Gasteiger partial charge in [0.1, 0.15) is 0 Å². The molecule has 1 saturated heterocycles. The lowest BCUT2D eigenvalue weighted by Gasteiger charge is -2.41. The molecule has 0 amide bonds. The predicted octanol–water partition coefficient (Wildman–Crippen LogP) is 1.15. The normalized spacial score (nSPS) is 27.3. The van der Waals surface area contributed by atoms with Gasteiger partial charge in [0.05, 0.1) is 20.3 Å². The van der Waals surface area contributed by atoms with Crippen LogP contribution in [0.15, 0.2) is 0 Å². The van der Waals surface area contributed by atoms with E-state index in [1.807, 2.05) is 13.8 Å². The zero-order valence-corrected chi connectivity index (χ0v) is 10.8. The molecule has 0 unspecified atom stereocenters. The summed E-state index contributed by atoms with van der Waals surface area (Å²) in [6, 6.07) is 0. The monoisotopic (exact) mass is 244 g/mol. The zero-order chi connectivity index (χ0) is 13.1. The van der Waals surface area contributed by atoms with Gasteiger partial charge in [0, 0.05) is 6.61 Å². The van der Waals surface area contributed by atoms with E-state index < -0.39 is 23.5 Å². The lowest BCUT2D eigenvalue weighted by Crippen LogP contribution is -2.55. The van der Waals surface area contributed by atoms with E-state index in [1.54, 1.807) is 0 Å². The average molecular weight is 244 g/mol. The van der Waals surface area contributed by atoms with Crippen molar-refractivity contribution < 1.29 is 23.8 Å². The number of hydrogen-bond acceptors (Lipinski definition) is 5. The molecule has 1 heterocycles. The van der Waals surface area contributed by atoms with Crippen molar-refractivity contribution in [1.29, 1.82) is 0 Å². The minimum absolute atomic E-state index is 0.121. The molecule has 1 aliphatic rings. The van der Waals surface area contributed by atoms with Gasteiger partial charge in [-0.25, -0.2) is 0 Å². The number of hydrogen-bond donors (Lipinski definition) is 0. The number of rotatable bonds is 3. The molecular weight excluding hydrogens is 224 g/mol. The van der Waals surface area contributed by atoms with Crippen molar-refractivity contribution in [1.82, 2.24) is 0 Å². The standard InChI is InChI=1S/C12H20O5/c1-5-9-12(10(13)15-3,11(14)16-4)6-8(2)7-17-9/h8-9H,5-7H2,1-4H3/t8-,9+/m1/s1.